The number of hydrogen-bond acceptors (Lipinski definition) is 4. The van der Waals surface area contributed by atoms with E-state index in [9.17, 15) is 9.59 Å². The van der Waals surface area contributed by atoms with E-state index < -0.39 is 5.91 Å². The summed E-state index contributed by atoms with van der Waals surface area (Å²) < 4.78 is 5.22. The quantitative estimate of drug-likeness (QED) is 0.281. The topological polar surface area (TPSA) is 103 Å². The van der Waals surface area contributed by atoms with Gasteiger partial charge in [0.1, 0.15) is 5.75 Å². The Morgan fingerprint density at radius 2 is 1.68 bits per heavy atom. The summed E-state index contributed by atoms with van der Waals surface area (Å²) in [5, 5.41) is 12.5. The van der Waals surface area contributed by atoms with E-state index in [4.69, 9.17) is 9.94 Å². The number of carbonyl (C=O) groups is 2. The highest BCUT2D eigenvalue weighted by Crippen LogP contribution is 2.28. The SMILES string of the molecule is COc1ccc(-c2ccc3[nH]cc(CC(=O)Nc4ccc(C(=O)NO)cc4)c3c2)cc1. The van der Waals surface area contributed by atoms with E-state index in [2.05, 4.69) is 16.4 Å². The molecule has 0 saturated carbocycles. The minimum atomic E-state index is -0.607. The molecule has 4 N–H and O–H groups in total. The van der Waals surface area contributed by atoms with Gasteiger partial charge in [0.25, 0.3) is 5.91 Å². The predicted octanol–water partition coefficient (Wildman–Crippen LogP) is 4.14. The Bertz CT molecular complexity index is 1230. The maximum absolute atomic E-state index is 12.6. The van der Waals surface area contributed by atoms with Gasteiger partial charge < -0.3 is 15.0 Å². The lowest BCUT2D eigenvalue weighted by Crippen LogP contribution is -2.18. The number of ether oxygens (including phenoxy) is 1. The van der Waals surface area contributed by atoms with Crippen LogP contribution in [0.5, 0.6) is 5.75 Å². The molecule has 2 amide bonds. The van der Waals surface area contributed by atoms with Crippen LogP contribution in [-0.2, 0) is 11.2 Å². The Labute approximate surface area is 178 Å². The van der Waals surface area contributed by atoms with Crippen molar-refractivity contribution in [1.82, 2.24) is 10.5 Å². The molecule has 0 saturated heterocycles. The number of benzene rings is 3. The molecular weight excluding hydrogens is 394 g/mol. The number of H-pyrrole nitrogens is 1. The van der Waals surface area contributed by atoms with Crippen LogP contribution in [0.3, 0.4) is 0 Å². The molecule has 0 unspecified atom stereocenters. The highest BCUT2D eigenvalue weighted by atomic mass is 16.5. The molecule has 3 aromatic carbocycles. The zero-order valence-corrected chi connectivity index (χ0v) is 16.8. The average Bonchev–Trinajstić information content (AvgIpc) is 3.21. The summed E-state index contributed by atoms with van der Waals surface area (Å²) in [6.45, 7) is 0. The monoisotopic (exact) mass is 415 g/mol. The van der Waals surface area contributed by atoms with Crippen LogP contribution in [-0.4, -0.2) is 29.1 Å². The number of rotatable bonds is 6. The molecule has 156 valence electrons. The summed E-state index contributed by atoms with van der Waals surface area (Å²) in [4.78, 5) is 27.2. The molecule has 4 rings (SSSR count). The first-order valence-corrected chi connectivity index (χ1v) is 9.66. The molecule has 0 aliphatic carbocycles. The van der Waals surface area contributed by atoms with E-state index >= 15 is 0 Å². The third-order valence-electron chi connectivity index (χ3n) is 5.07. The molecule has 1 heterocycles. The van der Waals surface area contributed by atoms with Crippen LogP contribution in [0.25, 0.3) is 22.0 Å². The van der Waals surface area contributed by atoms with Crippen molar-refractivity contribution in [2.75, 3.05) is 12.4 Å². The highest BCUT2D eigenvalue weighted by molar-refractivity contribution is 5.98. The van der Waals surface area contributed by atoms with Gasteiger partial charge in [-0.15, -0.1) is 0 Å². The molecule has 0 aliphatic heterocycles. The molecule has 1 aromatic heterocycles. The van der Waals surface area contributed by atoms with Crippen molar-refractivity contribution in [1.29, 1.82) is 0 Å². The lowest BCUT2D eigenvalue weighted by Gasteiger charge is -2.07. The third kappa shape index (κ3) is 4.41. The van der Waals surface area contributed by atoms with Crippen LogP contribution in [0.4, 0.5) is 5.69 Å². The van der Waals surface area contributed by atoms with Gasteiger partial charge in [-0.1, -0.05) is 18.2 Å². The smallest absolute Gasteiger partial charge is 0.274 e. The highest BCUT2D eigenvalue weighted by Gasteiger charge is 2.11. The Balaban J connectivity index is 1.51. The molecule has 4 aromatic rings. The fourth-order valence-electron chi connectivity index (χ4n) is 3.44. The number of hydrogen-bond donors (Lipinski definition) is 4. The number of amides is 2. The van der Waals surface area contributed by atoms with Crippen LogP contribution in [0.15, 0.2) is 72.9 Å². The fourth-order valence-corrected chi connectivity index (χ4v) is 3.44. The van der Waals surface area contributed by atoms with Crippen LogP contribution >= 0.6 is 0 Å². The van der Waals surface area contributed by atoms with Gasteiger partial charge in [-0.3, -0.25) is 14.8 Å². The van der Waals surface area contributed by atoms with Crippen LogP contribution < -0.4 is 15.5 Å². The van der Waals surface area contributed by atoms with Gasteiger partial charge in [-0.2, -0.15) is 0 Å². The third-order valence-corrected chi connectivity index (χ3v) is 5.07. The second-order valence-corrected chi connectivity index (χ2v) is 7.05. The molecule has 0 bridgehead atoms. The van der Waals surface area contributed by atoms with Crippen molar-refractivity contribution in [3.05, 3.63) is 84.1 Å². The second-order valence-electron chi connectivity index (χ2n) is 7.05. The van der Waals surface area contributed by atoms with Crippen molar-refractivity contribution in [2.24, 2.45) is 0 Å². The molecule has 0 aliphatic rings. The number of carbonyl (C=O) groups excluding carboxylic acids is 2. The van der Waals surface area contributed by atoms with Gasteiger partial charge in [0, 0.05) is 28.4 Å². The van der Waals surface area contributed by atoms with E-state index in [1.54, 1.807) is 24.7 Å². The summed E-state index contributed by atoms with van der Waals surface area (Å²) in [7, 11) is 1.64. The van der Waals surface area contributed by atoms with E-state index in [-0.39, 0.29) is 12.3 Å². The lowest BCUT2D eigenvalue weighted by atomic mass is 10.0. The molecule has 0 atom stereocenters. The Hall–Kier alpha value is -4.10. The van der Waals surface area contributed by atoms with Crippen LogP contribution in [0.2, 0.25) is 0 Å². The van der Waals surface area contributed by atoms with Crippen molar-refractivity contribution in [2.45, 2.75) is 6.42 Å². The van der Waals surface area contributed by atoms with E-state index in [0.29, 0.717) is 11.3 Å². The van der Waals surface area contributed by atoms with Gasteiger partial charge in [0.05, 0.1) is 13.5 Å². The minimum absolute atomic E-state index is 0.171. The fraction of sp³-hybridized carbons (Fsp3) is 0.0833. The number of fused-ring (bicyclic) bond motifs is 1. The molecule has 7 heteroatoms. The summed E-state index contributed by atoms with van der Waals surface area (Å²) in [6, 6.07) is 20.2. The number of aromatic amines is 1. The molecule has 0 radical (unpaired) electrons. The van der Waals surface area contributed by atoms with E-state index in [1.165, 1.54) is 12.1 Å². The van der Waals surface area contributed by atoms with Crippen molar-refractivity contribution in [3.8, 4) is 16.9 Å². The normalized spacial score (nSPS) is 10.6. The number of hydroxylamine groups is 1. The standard InChI is InChI=1S/C24H21N3O4/c1-31-20-9-4-15(5-10-20)17-6-11-22-21(12-17)18(14-25-22)13-23(28)26-19-7-2-16(3-8-19)24(29)27-30/h2-12,14,25,30H,13H2,1H3,(H,26,28)(H,27,29). The Morgan fingerprint density at radius 3 is 2.35 bits per heavy atom. The predicted molar refractivity (Wildman–Crippen MR) is 118 cm³/mol. The zero-order valence-electron chi connectivity index (χ0n) is 16.8. The Kier molecular flexibility index (Phi) is 5.68. The number of anilines is 1. The molecule has 0 spiro atoms. The van der Waals surface area contributed by atoms with Gasteiger partial charge in [-0.25, -0.2) is 5.48 Å². The zero-order chi connectivity index (χ0) is 21.8. The van der Waals surface area contributed by atoms with Gasteiger partial charge in [0.2, 0.25) is 5.91 Å². The summed E-state index contributed by atoms with van der Waals surface area (Å²) >= 11 is 0. The number of methoxy groups -OCH3 is 1. The maximum Gasteiger partial charge on any atom is 0.274 e. The summed E-state index contributed by atoms with van der Waals surface area (Å²) in [5.41, 5.74) is 6.39. The van der Waals surface area contributed by atoms with Crippen molar-refractivity contribution < 1.29 is 19.5 Å². The number of nitrogens with one attached hydrogen (secondary N) is 3. The molecule has 7 nitrogen and oxygen atoms in total. The van der Waals surface area contributed by atoms with Gasteiger partial charge in [0.15, 0.2) is 0 Å². The first-order chi connectivity index (χ1) is 15.1. The molecule has 0 fully saturated rings. The van der Waals surface area contributed by atoms with E-state index in [1.807, 2.05) is 42.6 Å². The average molecular weight is 415 g/mol. The Morgan fingerprint density at radius 1 is 0.968 bits per heavy atom. The van der Waals surface area contributed by atoms with Gasteiger partial charge >= 0.3 is 0 Å². The molecular formula is C24H21N3O4. The van der Waals surface area contributed by atoms with E-state index in [0.717, 1.165) is 33.3 Å². The van der Waals surface area contributed by atoms with Crippen LogP contribution in [0, 0.1) is 0 Å². The maximum atomic E-state index is 12.6. The first kappa shape index (κ1) is 20.2. The van der Waals surface area contributed by atoms with Gasteiger partial charge in [-0.05, 0) is 65.2 Å². The number of aromatic nitrogens is 1. The van der Waals surface area contributed by atoms with Crippen LogP contribution in [0.1, 0.15) is 15.9 Å². The lowest BCUT2D eigenvalue weighted by molar-refractivity contribution is -0.115. The summed E-state index contributed by atoms with van der Waals surface area (Å²) in [6.07, 6.45) is 2.04. The second kappa shape index (κ2) is 8.73. The first-order valence-electron chi connectivity index (χ1n) is 9.66. The van der Waals surface area contributed by atoms with Crippen molar-refractivity contribution >= 4 is 28.4 Å². The van der Waals surface area contributed by atoms with Crippen molar-refractivity contribution in [3.63, 3.8) is 0 Å². The summed E-state index contributed by atoms with van der Waals surface area (Å²) in [5.74, 6) is 0.0216. The minimum Gasteiger partial charge on any atom is -0.497 e. The molecule has 31 heavy (non-hydrogen) atoms. The largest absolute Gasteiger partial charge is 0.497 e.